The van der Waals surface area contributed by atoms with E-state index in [4.69, 9.17) is 4.98 Å². The first-order valence-corrected chi connectivity index (χ1v) is 8.31. The third kappa shape index (κ3) is 2.69. The van der Waals surface area contributed by atoms with E-state index in [0.717, 1.165) is 33.0 Å². The van der Waals surface area contributed by atoms with Gasteiger partial charge in [0.25, 0.3) is 0 Å². The van der Waals surface area contributed by atoms with Crippen molar-refractivity contribution in [3.8, 4) is 11.5 Å². The fraction of sp³-hybridized carbons (Fsp3) is 0.118. The normalized spacial score (nSPS) is 10.9. The summed E-state index contributed by atoms with van der Waals surface area (Å²) in [5.41, 5.74) is 2.83. The summed E-state index contributed by atoms with van der Waals surface area (Å²) in [5.74, 6) is 2.03. The van der Waals surface area contributed by atoms with Gasteiger partial charge in [-0.05, 0) is 43.0 Å². The second kappa shape index (κ2) is 5.93. The number of aromatic nitrogens is 5. The summed E-state index contributed by atoms with van der Waals surface area (Å²) in [6.45, 7) is 4.01. The van der Waals surface area contributed by atoms with E-state index >= 15 is 0 Å². The first-order valence-electron chi connectivity index (χ1n) is 7.43. The summed E-state index contributed by atoms with van der Waals surface area (Å²) >= 11 is 1.60. The molecule has 1 N–H and O–H groups in total. The van der Waals surface area contributed by atoms with Gasteiger partial charge in [-0.25, -0.2) is 24.9 Å². The molecule has 7 heteroatoms. The Morgan fingerprint density at radius 3 is 2.75 bits per heavy atom. The highest BCUT2D eigenvalue weighted by molar-refractivity contribution is 7.17. The first kappa shape index (κ1) is 14.6. The zero-order valence-corrected chi connectivity index (χ0v) is 14.0. The predicted octanol–water partition coefficient (Wildman–Crippen LogP) is 3.90. The van der Waals surface area contributed by atoms with Gasteiger partial charge < -0.3 is 5.32 Å². The van der Waals surface area contributed by atoms with Crippen LogP contribution in [0, 0.1) is 13.8 Å². The molecule has 0 saturated heterocycles. The molecule has 0 aromatic carbocycles. The van der Waals surface area contributed by atoms with Gasteiger partial charge in [0.05, 0.1) is 5.39 Å². The number of pyridine rings is 1. The van der Waals surface area contributed by atoms with E-state index in [2.05, 4.69) is 37.6 Å². The van der Waals surface area contributed by atoms with Crippen molar-refractivity contribution in [1.29, 1.82) is 0 Å². The number of thiophene rings is 1. The molecular weight excluding hydrogens is 320 g/mol. The Morgan fingerprint density at radius 2 is 1.96 bits per heavy atom. The van der Waals surface area contributed by atoms with Crippen LogP contribution in [0.3, 0.4) is 0 Å². The molecule has 118 valence electrons. The van der Waals surface area contributed by atoms with Crippen molar-refractivity contribution in [2.45, 2.75) is 13.8 Å². The van der Waals surface area contributed by atoms with Gasteiger partial charge in [0.15, 0.2) is 5.82 Å². The van der Waals surface area contributed by atoms with E-state index in [1.54, 1.807) is 23.6 Å². The molecule has 0 saturated carbocycles. The Labute approximate surface area is 142 Å². The molecule has 6 nitrogen and oxygen atoms in total. The molecule has 0 unspecified atom stereocenters. The molecule has 0 radical (unpaired) electrons. The Balaban J connectivity index is 1.88. The van der Waals surface area contributed by atoms with Crippen LogP contribution >= 0.6 is 11.3 Å². The average Bonchev–Trinajstić information content (AvgIpc) is 2.97. The highest BCUT2D eigenvalue weighted by Gasteiger charge is 2.14. The highest BCUT2D eigenvalue weighted by Crippen LogP contribution is 2.32. The quantitative estimate of drug-likeness (QED) is 0.612. The maximum absolute atomic E-state index is 4.70. The summed E-state index contributed by atoms with van der Waals surface area (Å²) in [6, 6.07) is 7.64. The van der Waals surface area contributed by atoms with E-state index in [-0.39, 0.29) is 0 Å². The van der Waals surface area contributed by atoms with Gasteiger partial charge >= 0.3 is 0 Å². The van der Waals surface area contributed by atoms with E-state index in [9.17, 15) is 0 Å². The third-order valence-electron chi connectivity index (χ3n) is 3.56. The molecule has 4 aromatic heterocycles. The van der Waals surface area contributed by atoms with Gasteiger partial charge in [-0.1, -0.05) is 6.07 Å². The molecule has 24 heavy (non-hydrogen) atoms. The number of aryl methyl sites for hydroxylation is 2. The number of fused-ring (bicyclic) bond motifs is 1. The van der Waals surface area contributed by atoms with Crippen molar-refractivity contribution in [2.75, 3.05) is 5.32 Å². The molecule has 0 aliphatic carbocycles. The van der Waals surface area contributed by atoms with Gasteiger partial charge in [-0.15, -0.1) is 11.3 Å². The number of rotatable bonds is 3. The minimum Gasteiger partial charge on any atom is -0.324 e. The maximum atomic E-state index is 4.70. The van der Waals surface area contributed by atoms with E-state index in [1.807, 2.05) is 25.1 Å². The summed E-state index contributed by atoms with van der Waals surface area (Å²) in [5, 5.41) is 6.37. The first-order chi connectivity index (χ1) is 11.7. The SMILES string of the molecule is Cc1cccc(-c2nc(Nc3ccncn3)c3c(C)csc3n2)n1. The van der Waals surface area contributed by atoms with Crippen LogP contribution in [0.4, 0.5) is 11.6 Å². The number of hydrogen-bond acceptors (Lipinski definition) is 7. The Bertz CT molecular complexity index is 1010. The van der Waals surface area contributed by atoms with E-state index in [1.165, 1.54) is 6.33 Å². The van der Waals surface area contributed by atoms with Crippen LogP contribution in [0.1, 0.15) is 11.3 Å². The molecule has 0 aliphatic heterocycles. The molecule has 0 fully saturated rings. The Hall–Kier alpha value is -2.93. The zero-order chi connectivity index (χ0) is 16.5. The molecular formula is C17H14N6S. The number of nitrogens with one attached hydrogen (secondary N) is 1. The number of nitrogens with zero attached hydrogens (tertiary/aromatic N) is 5. The van der Waals surface area contributed by atoms with Crippen LogP contribution < -0.4 is 5.32 Å². The van der Waals surface area contributed by atoms with Crippen LogP contribution in [-0.4, -0.2) is 24.9 Å². The minimum absolute atomic E-state index is 0.601. The summed E-state index contributed by atoms with van der Waals surface area (Å²) in [6.07, 6.45) is 3.20. The van der Waals surface area contributed by atoms with Crippen molar-refractivity contribution in [3.05, 3.63) is 53.4 Å². The van der Waals surface area contributed by atoms with Crippen molar-refractivity contribution >= 4 is 33.2 Å². The molecule has 4 aromatic rings. The fourth-order valence-electron chi connectivity index (χ4n) is 2.44. The number of hydrogen-bond donors (Lipinski definition) is 1. The second-order valence-electron chi connectivity index (χ2n) is 5.38. The maximum Gasteiger partial charge on any atom is 0.181 e. The molecule has 0 spiro atoms. The molecule has 4 heterocycles. The smallest absolute Gasteiger partial charge is 0.181 e. The van der Waals surface area contributed by atoms with Crippen LogP contribution in [0.2, 0.25) is 0 Å². The standard InChI is InChI=1S/C17H14N6S/c1-10-8-24-17-14(10)16(21-13-6-7-18-9-19-13)22-15(23-17)12-5-3-4-11(2)20-12/h3-9H,1-2H3,(H,18,19,21,22,23). The highest BCUT2D eigenvalue weighted by atomic mass is 32.1. The topological polar surface area (TPSA) is 76.5 Å². The van der Waals surface area contributed by atoms with Gasteiger partial charge in [0, 0.05) is 11.9 Å². The average molecular weight is 334 g/mol. The largest absolute Gasteiger partial charge is 0.324 e. The van der Waals surface area contributed by atoms with Crippen molar-refractivity contribution in [3.63, 3.8) is 0 Å². The monoisotopic (exact) mass is 334 g/mol. The van der Waals surface area contributed by atoms with Crippen LogP contribution in [0.5, 0.6) is 0 Å². The zero-order valence-electron chi connectivity index (χ0n) is 13.2. The lowest BCUT2D eigenvalue weighted by molar-refractivity contribution is 1.13. The summed E-state index contributed by atoms with van der Waals surface area (Å²) in [4.78, 5) is 23.0. The second-order valence-corrected chi connectivity index (χ2v) is 6.24. The van der Waals surface area contributed by atoms with Crippen LogP contribution in [0.25, 0.3) is 21.7 Å². The summed E-state index contributed by atoms with van der Waals surface area (Å²) in [7, 11) is 0. The van der Waals surface area contributed by atoms with Crippen LogP contribution in [-0.2, 0) is 0 Å². The summed E-state index contributed by atoms with van der Waals surface area (Å²) < 4.78 is 0. The molecule has 0 amide bonds. The molecule has 0 bridgehead atoms. The van der Waals surface area contributed by atoms with Gasteiger partial charge in [0.2, 0.25) is 0 Å². The molecule has 4 rings (SSSR count). The fourth-order valence-corrected chi connectivity index (χ4v) is 3.36. The lowest BCUT2D eigenvalue weighted by Crippen LogP contribution is -2.01. The number of anilines is 2. The lowest BCUT2D eigenvalue weighted by Gasteiger charge is -2.09. The van der Waals surface area contributed by atoms with Crippen molar-refractivity contribution in [1.82, 2.24) is 24.9 Å². The van der Waals surface area contributed by atoms with Crippen LogP contribution in [0.15, 0.2) is 42.2 Å². The van der Waals surface area contributed by atoms with Crippen molar-refractivity contribution in [2.24, 2.45) is 0 Å². The van der Waals surface area contributed by atoms with E-state index in [0.29, 0.717) is 11.6 Å². The lowest BCUT2D eigenvalue weighted by atomic mass is 10.2. The Kier molecular flexibility index (Phi) is 3.62. The molecule has 0 atom stereocenters. The Morgan fingerprint density at radius 1 is 1.04 bits per heavy atom. The van der Waals surface area contributed by atoms with E-state index < -0.39 is 0 Å². The van der Waals surface area contributed by atoms with Crippen molar-refractivity contribution < 1.29 is 0 Å². The van der Waals surface area contributed by atoms with Gasteiger partial charge in [-0.2, -0.15) is 0 Å². The minimum atomic E-state index is 0.601. The molecule has 0 aliphatic rings. The van der Waals surface area contributed by atoms with Gasteiger partial charge in [0.1, 0.15) is 28.5 Å². The predicted molar refractivity (Wildman–Crippen MR) is 95.4 cm³/mol. The van der Waals surface area contributed by atoms with Gasteiger partial charge in [-0.3, -0.25) is 0 Å². The third-order valence-corrected chi connectivity index (χ3v) is 4.55.